The van der Waals surface area contributed by atoms with E-state index in [9.17, 15) is 18.4 Å². The average molecular weight is 502 g/mol. The second-order valence-corrected chi connectivity index (χ2v) is 8.48. The number of benzene rings is 2. The Balaban J connectivity index is 1.64. The Labute approximate surface area is 208 Å². The van der Waals surface area contributed by atoms with E-state index < -0.39 is 29.9 Å². The van der Waals surface area contributed by atoms with Gasteiger partial charge in [0.05, 0.1) is 13.2 Å². The molecule has 0 aromatic heterocycles. The molecule has 1 saturated heterocycles. The van der Waals surface area contributed by atoms with Crippen LogP contribution in [-0.4, -0.2) is 73.4 Å². The first-order valence-corrected chi connectivity index (χ1v) is 11.4. The van der Waals surface area contributed by atoms with Gasteiger partial charge in [-0.3, -0.25) is 19.7 Å². The van der Waals surface area contributed by atoms with Crippen molar-refractivity contribution in [3.05, 3.63) is 70.8 Å². The molecule has 0 bridgehead atoms. The largest absolute Gasteiger partial charge is 0.379 e. The Kier molecular flexibility index (Phi) is 9.50. The third-order valence-electron chi connectivity index (χ3n) is 6.06. The number of ether oxygens (including phenoxy) is 2. The van der Waals surface area contributed by atoms with Crippen molar-refractivity contribution in [2.45, 2.75) is 31.5 Å². The quantitative estimate of drug-likeness (QED) is 0.291. The maximum Gasteiger partial charge on any atom is 0.269 e. The topological polar surface area (TPSA) is 100 Å². The van der Waals surface area contributed by atoms with Gasteiger partial charge in [0, 0.05) is 43.4 Å². The summed E-state index contributed by atoms with van der Waals surface area (Å²) in [6, 6.07) is 12.3. The molecule has 3 rings (SSSR count). The summed E-state index contributed by atoms with van der Waals surface area (Å²) < 4.78 is 37.2. The van der Waals surface area contributed by atoms with E-state index in [1.807, 2.05) is 24.3 Å². The van der Waals surface area contributed by atoms with Crippen LogP contribution in [0, 0.1) is 11.8 Å². The number of alkyl halides is 2. The van der Waals surface area contributed by atoms with Gasteiger partial charge in [-0.05, 0) is 48.9 Å². The highest BCUT2D eigenvalue weighted by atomic mass is 19.3. The molecule has 0 aliphatic carbocycles. The van der Waals surface area contributed by atoms with E-state index in [0.717, 1.165) is 52.4 Å². The van der Waals surface area contributed by atoms with E-state index in [2.05, 4.69) is 22.1 Å². The smallest absolute Gasteiger partial charge is 0.269 e. The minimum atomic E-state index is -3.11. The highest BCUT2D eigenvalue weighted by Crippen LogP contribution is 2.24. The van der Waals surface area contributed by atoms with E-state index in [-0.39, 0.29) is 5.56 Å². The van der Waals surface area contributed by atoms with Crippen molar-refractivity contribution in [3.8, 4) is 11.8 Å². The number of carbonyl (C=O) groups excluding carboxylic acids is 2. The van der Waals surface area contributed by atoms with Crippen LogP contribution in [0.4, 0.5) is 8.78 Å². The summed E-state index contributed by atoms with van der Waals surface area (Å²) in [4.78, 5) is 26.9. The number of amides is 2. The fourth-order valence-corrected chi connectivity index (χ4v) is 3.64. The Hall–Kier alpha value is -3.36. The Morgan fingerprint density at radius 2 is 1.64 bits per heavy atom. The maximum atomic E-state index is 13.5. The molecule has 0 saturated carbocycles. The van der Waals surface area contributed by atoms with Crippen LogP contribution >= 0.6 is 0 Å². The van der Waals surface area contributed by atoms with Crippen molar-refractivity contribution in [2.24, 2.45) is 0 Å². The van der Waals surface area contributed by atoms with Gasteiger partial charge in [-0.25, -0.2) is 14.3 Å². The molecule has 2 aromatic rings. The second kappa shape index (κ2) is 12.6. The maximum absolute atomic E-state index is 13.5. The number of hydroxylamine groups is 1. The molecule has 1 fully saturated rings. The summed E-state index contributed by atoms with van der Waals surface area (Å²) in [5, 5.41) is 11.1. The molecular formula is C26H29F2N3O5. The molecule has 8 nitrogen and oxygen atoms in total. The fraction of sp³-hybridized carbons (Fsp3) is 0.385. The molecule has 10 heteroatoms. The van der Waals surface area contributed by atoms with Gasteiger partial charge in [0.25, 0.3) is 18.2 Å². The lowest BCUT2D eigenvalue weighted by Crippen LogP contribution is -2.62. The molecule has 36 heavy (non-hydrogen) atoms. The lowest BCUT2D eigenvalue weighted by Gasteiger charge is -2.34. The molecule has 3 N–H and O–H groups in total. The second-order valence-electron chi connectivity index (χ2n) is 8.48. The monoisotopic (exact) mass is 501 g/mol. The molecule has 192 valence electrons. The number of hydrogen-bond acceptors (Lipinski definition) is 6. The summed E-state index contributed by atoms with van der Waals surface area (Å²) in [7, 11) is 0.987. The SMILES string of the molecule is CO[C@](C)(C(F)F)[C@H](NC(=O)c1ccc(C#Cc2ccc(CN3CCOCC3)cc2)cc1)C(=O)NO. The van der Waals surface area contributed by atoms with Crippen LogP contribution in [0.5, 0.6) is 0 Å². The zero-order valence-corrected chi connectivity index (χ0v) is 20.1. The molecule has 2 amide bonds. The number of nitrogens with one attached hydrogen (secondary N) is 2. The van der Waals surface area contributed by atoms with Gasteiger partial charge in [-0.15, -0.1) is 0 Å². The molecule has 2 atom stereocenters. The van der Waals surface area contributed by atoms with E-state index >= 15 is 0 Å². The average Bonchev–Trinajstić information content (AvgIpc) is 2.91. The van der Waals surface area contributed by atoms with Crippen LogP contribution in [0.3, 0.4) is 0 Å². The number of nitrogens with zero attached hydrogens (tertiary/aromatic N) is 1. The summed E-state index contributed by atoms with van der Waals surface area (Å²) in [5.74, 6) is 4.07. The highest BCUT2D eigenvalue weighted by Gasteiger charge is 2.48. The summed E-state index contributed by atoms with van der Waals surface area (Å²) in [6.45, 7) is 5.18. The fourth-order valence-electron chi connectivity index (χ4n) is 3.64. The predicted molar refractivity (Wildman–Crippen MR) is 128 cm³/mol. The summed E-state index contributed by atoms with van der Waals surface area (Å²) in [6.07, 6.45) is -3.11. The van der Waals surface area contributed by atoms with Crippen molar-refractivity contribution in [2.75, 3.05) is 33.4 Å². The Bertz CT molecular complexity index is 1090. The number of carbonyl (C=O) groups is 2. The van der Waals surface area contributed by atoms with E-state index in [4.69, 9.17) is 14.7 Å². The van der Waals surface area contributed by atoms with Crippen LogP contribution in [0.25, 0.3) is 0 Å². The van der Waals surface area contributed by atoms with Crippen molar-refractivity contribution in [3.63, 3.8) is 0 Å². The number of halogens is 2. The lowest BCUT2D eigenvalue weighted by molar-refractivity contribution is -0.157. The van der Waals surface area contributed by atoms with Crippen LogP contribution < -0.4 is 10.8 Å². The summed E-state index contributed by atoms with van der Waals surface area (Å²) >= 11 is 0. The number of morpholine rings is 1. The van der Waals surface area contributed by atoms with Gasteiger partial charge in [0.1, 0.15) is 6.04 Å². The molecule has 0 unspecified atom stereocenters. The van der Waals surface area contributed by atoms with E-state index in [1.165, 1.54) is 23.2 Å². The first-order valence-electron chi connectivity index (χ1n) is 11.4. The molecule has 1 heterocycles. The zero-order chi connectivity index (χ0) is 26.1. The van der Waals surface area contributed by atoms with Gasteiger partial charge in [-0.1, -0.05) is 24.0 Å². The third kappa shape index (κ3) is 6.86. The van der Waals surface area contributed by atoms with Crippen LogP contribution in [0.15, 0.2) is 48.5 Å². The number of hydrogen-bond donors (Lipinski definition) is 3. The minimum absolute atomic E-state index is 0.122. The number of rotatable bonds is 8. The number of methoxy groups -OCH3 is 1. The van der Waals surface area contributed by atoms with Crippen molar-refractivity contribution in [1.29, 1.82) is 0 Å². The Morgan fingerprint density at radius 1 is 1.08 bits per heavy atom. The van der Waals surface area contributed by atoms with Gasteiger partial charge in [0.15, 0.2) is 5.60 Å². The van der Waals surface area contributed by atoms with Crippen LogP contribution in [0.2, 0.25) is 0 Å². The zero-order valence-electron chi connectivity index (χ0n) is 20.1. The van der Waals surface area contributed by atoms with Gasteiger partial charge < -0.3 is 14.8 Å². The highest BCUT2D eigenvalue weighted by molar-refractivity contribution is 5.97. The first-order chi connectivity index (χ1) is 17.3. The molecule has 0 radical (unpaired) electrons. The Morgan fingerprint density at radius 3 is 2.14 bits per heavy atom. The van der Waals surface area contributed by atoms with Crippen molar-refractivity contribution in [1.82, 2.24) is 15.7 Å². The van der Waals surface area contributed by atoms with Crippen LogP contribution in [0.1, 0.15) is 34.0 Å². The molecule has 0 spiro atoms. The normalized spacial score (nSPS) is 16.4. The minimum Gasteiger partial charge on any atom is -0.379 e. The molecule has 1 aliphatic heterocycles. The van der Waals surface area contributed by atoms with Crippen molar-refractivity contribution >= 4 is 11.8 Å². The van der Waals surface area contributed by atoms with Gasteiger partial charge in [0.2, 0.25) is 0 Å². The molecule has 2 aromatic carbocycles. The molecule has 1 aliphatic rings. The third-order valence-corrected chi connectivity index (χ3v) is 6.06. The van der Waals surface area contributed by atoms with E-state index in [0.29, 0.717) is 5.56 Å². The van der Waals surface area contributed by atoms with Crippen molar-refractivity contribution < 1.29 is 33.1 Å². The van der Waals surface area contributed by atoms with Gasteiger partial charge in [-0.2, -0.15) is 0 Å². The standard InChI is InChI=1S/C26H29F2N3O5/c1-26(35-2,25(27)28)22(24(33)30-34)29-23(32)21-11-9-19(10-12-21)4-3-18-5-7-20(8-6-18)17-31-13-15-36-16-14-31/h5-12,22,25,34H,13-17H2,1-2H3,(H,29,32)(H,30,33)/t22-,26+/m1/s1. The lowest BCUT2D eigenvalue weighted by atomic mass is 9.95. The van der Waals surface area contributed by atoms with Crippen LogP contribution in [-0.2, 0) is 20.8 Å². The summed E-state index contributed by atoms with van der Waals surface area (Å²) in [5.41, 5.74) is 1.73. The van der Waals surface area contributed by atoms with Gasteiger partial charge >= 0.3 is 0 Å². The molecular weight excluding hydrogens is 472 g/mol. The first kappa shape index (κ1) is 27.2. The predicted octanol–water partition coefficient (Wildman–Crippen LogP) is 2.19. The van der Waals surface area contributed by atoms with E-state index in [1.54, 1.807) is 12.1 Å².